The molecule has 120 valence electrons. The standard InChI is InChI=1S/C18H18FNO3/c19-18(17(21)22)9-10-20(13-18)12-14-5-4-8-16(11-14)23-15-6-2-1-3-7-15/h1-8,11H,9-10,12-13H2,(H,21,22). The normalized spacial score (nSPS) is 21.3. The number of alkyl halides is 1. The molecule has 4 nitrogen and oxygen atoms in total. The number of hydrogen-bond donors (Lipinski definition) is 1. The van der Waals surface area contributed by atoms with E-state index in [9.17, 15) is 9.18 Å². The van der Waals surface area contributed by atoms with Crippen LogP contribution in [-0.2, 0) is 11.3 Å². The molecule has 2 aromatic rings. The fourth-order valence-electron chi connectivity index (χ4n) is 2.75. The molecule has 0 amide bonds. The summed E-state index contributed by atoms with van der Waals surface area (Å²) in [6, 6.07) is 17.0. The third kappa shape index (κ3) is 3.68. The van der Waals surface area contributed by atoms with Gasteiger partial charge in [-0.15, -0.1) is 0 Å². The molecule has 1 aliphatic heterocycles. The SMILES string of the molecule is O=C(O)C1(F)CCN(Cc2cccc(Oc3ccccc3)c2)C1. The molecule has 0 radical (unpaired) electrons. The van der Waals surface area contributed by atoms with Crippen LogP contribution in [0.5, 0.6) is 11.5 Å². The van der Waals surface area contributed by atoms with Crippen LogP contribution in [0, 0.1) is 0 Å². The van der Waals surface area contributed by atoms with E-state index in [0.29, 0.717) is 18.8 Å². The third-order valence-electron chi connectivity index (χ3n) is 3.97. The number of likely N-dealkylation sites (tertiary alicyclic amines) is 1. The van der Waals surface area contributed by atoms with Gasteiger partial charge in [0.25, 0.3) is 0 Å². The quantitative estimate of drug-likeness (QED) is 0.918. The monoisotopic (exact) mass is 315 g/mol. The fraction of sp³-hybridized carbons (Fsp3) is 0.278. The lowest BCUT2D eigenvalue weighted by molar-refractivity contribution is -0.149. The first-order valence-corrected chi connectivity index (χ1v) is 7.52. The molecule has 0 aliphatic carbocycles. The molecule has 1 aliphatic rings. The number of halogens is 1. The second-order valence-corrected chi connectivity index (χ2v) is 5.79. The van der Waals surface area contributed by atoms with Crippen molar-refractivity contribution in [3.63, 3.8) is 0 Å². The summed E-state index contributed by atoms with van der Waals surface area (Å²) in [6.45, 7) is 0.865. The summed E-state index contributed by atoms with van der Waals surface area (Å²) in [5, 5.41) is 8.94. The van der Waals surface area contributed by atoms with E-state index in [0.717, 1.165) is 11.3 Å². The first-order valence-electron chi connectivity index (χ1n) is 7.52. The Morgan fingerprint density at radius 1 is 1.17 bits per heavy atom. The summed E-state index contributed by atoms with van der Waals surface area (Å²) in [5.74, 6) is 0.0817. The Morgan fingerprint density at radius 2 is 1.91 bits per heavy atom. The Balaban J connectivity index is 1.66. The van der Waals surface area contributed by atoms with E-state index >= 15 is 0 Å². The van der Waals surface area contributed by atoms with Crippen LogP contribution >= 0.6 is 0 Å². The van der Waals surface area contributed by atoms with Crippen LogP contribution in [0.4, 0.5) is 4.39 Å². The molecule has 1 saturated heterocycles. The van der Waals surface area contributed by atoms with Crippen molar-refractivity contribution in [2.45, 2.75) is 18.6 Å². The van der Waals surface area contributed by atoms with Crippen molar-refractivity contribution < 1.29 is 19.0 Å². The number of rotatable bonds is 5. The molecular weight excluding hydrogens is 297 g/mol. The molecule has 1 unspecified atom stereocenters. The number of benzene rings is 2. The Kier molecular flexibility index (Phi) is 4.30. The van der Waals surface area contributed by atoms with Gasteiger partial charge in [0.2, 0.25) is 5.67 Å². The lowest BCUT2D eigenvalue weighted by Crippen LogP contribution is -2.36. The van der Waals surface area contributed by atoms with Gasteiger partial charge in [0.15, 0.2) is 0 Å². The Labute approximate surface area is 134 Å². The maximum atomic E-state index is 14.1. The number of carboxylic acids is 1. The third-order valence-corrected chi connectivity index (χ3v) is 3.97. The van der Waals surface area contributed by atoms with Crippen LogP contribution in [0.2, 0.25) is 0 Å². The molecule has 1 heterocycles. The average Bonchev–Trinajstić information content (AvgIpc) is 2.91. The van der Waals surface area contributed by atoms with Crippen molar-refractivity contribution in [2.75, 3.05) is 13.1 Å². The van der Waals surface area contributed by atoms with Gasteiger partial charge < -0.3 is 9.84 Å². The van der Waals surface area contributed by atoms with E-state index in [1.165, 1.54) is 0 Å². The van der Waals surface area contributed by atoms with Gasteiger partial charge in [-0.25, -0.2) is 9.18 Å². The first-order chi connectivity index (χ1) is 11.0. The lowest BCUT2D eigenvalue weighted by Gasteiger charge is -2.17. The highest BCUT2D eigenvalue weighted by Gasteiger charge is 2.45. The number of nitrogens with zero attached hydrogens (tertiary/aromatic N) is 1. The highest BCUT2D eigenvalue weighted by atomic mass is 19.1. The van der Waals surface area contributed by atoms with Gasteiger partial charge in [-0.3, -0.25) is 4.90 Å². The van der Waals surface area contributed by atoms with E-state index in [2.05, 4.69) is 0 Å². The van der Waals surface area contributed by atoms with E-state index in [4.69, 9.17) is 9.84 Å². The Bertz CT molecular complexity index is 692. The van der Waals surface area contributed by atoms with Crippen molar-refractivity contribution in [1.82, 2.24) is 4.90 Å². The maximum Gasteiger partial charge on any atom is 0.342 e. The summed E-state index contributed by atoms with van der Waals surface area (Å²) in [6.07, 6.45) is 0.0303. The molecule has 1 N–H and O–H groups in total. The molecule has 0 aromatic heterocycles. The van der Waals surface area contributed by atoms with Crippen LogP contribution < -0.4 is 4.74 Å². The molecule has 23 heavy (non-hydrogen) atoms. The highest BCUT2D eigenvalue weighted by molar-refractivity contribution is 5.78. The molecule has 3 rings (SSSR count). The molecule has 0 spiro atoms. The van der Waals surface area contributed by atoms with Gasteiger partial charge in [0.05, 0.1) is 0 Å². The second kappa shape index (κ2) is 6.38. The zero-order valence-electron chi connectivity index (χ0n) is 12.6. The summed E-state index contributed by atoms with van der Waals surface area (Å²) >= 11 is 0. The largest absolute Gasteiger partial charge is 0.479 e. The molecule has 1 fully saturated rings. The van der Waals surface area contributed by atoms with Crippen LogP contribution in [0.15, 0.2) is 54.6 Å². The Hall–Kier alpha value is -2.40. The van der Waals surface area contributed by atoms with Crippen molar-refractivity contribution in [1.29, 1.82) is 0 Å². The lowest BCUT2D eigenvalue weighted by atomic mass is 10.1. The minimum atomic E-state index is -2.13. The predicted octanol–water partition coefficient (Wildman–Crippen LogP) is 3.48. The van der Waals surface area contributed by atoms with Gasteiger partial charge in [-0.1, -0.05) is 30.3 Å². The van der Waals surface area contributed by atoms with Gasteiger partial charge in [0.1, 0.15) is 11.5 Å². The predicted molar refractivity (Wildman–Crippen MR) is 84.3 cm³/mol. The van der Waals surface area contributed by atoms with E-state index in [-0.39, 0.29) is 13.0 Å². The molecule has 0 bridgehead atoms. The second-order valence-electron chi connectivity index (χ2n) is 5.79. The van der Waals surface area contributed by atoms with Crippen molar-refractivity contribution in [2.24, 2.45) is 0 Å². The van der Waals surface area contributed by atoms with Gasteiger partial charge >= 0.3 is 5.97 Å². The topological polar surface area (TPSA) is 49.8 Å². The fourth-order valence-corrected chi connectivity index (χ4v) is 2.75. The summed E-state index contributed by atoms with van der Waals surface area (Å²) in [5.41, 5.74) is -1.16. The van der Waals surface area contributed by atoms with Crippen LogP contribution in [0.1, 0.15) is 12.0 Å². The number of aliphatic carboxylic acids is 1. The minimum Gasteiger partial charge on any atom is -0.479 e. The van der Waals surface area contributed by atoms with Gasteiger partial charge in [0, 0.05) is 26.1 Å². The molecule has 0 saturated carbocycles. The van der Waals surface area contributed by atoms with E-state index in [1.54, 1.807) is 0 Å². The number of hydrogen-bond acceptors (Lipinski definition) is 3. The van der Waals surface area contributed by atoms with Crippen LogP contribution in [0.3, 0.4) is 0 Å². The zero-order chi connectivity index (χ0) is 16.3. The minimum absolute atomic E-state index is 0.0303. The summed E-state index contributed by atoms with van der Waals surface area (Å²) < 4.78 is 19.9. The molecule has 5 heteroatoms. The van der Waals surface area contributed by atoms with Gasteiger partial charge in [-0.2, -0.15) is 0 Å². The zero-order valence-corrected chi connectivity index (χ0v) is 12.6. The van der Waals surface area contributed by atoms with Crippen molar-refractivity contribution >= 4 is 5.97 Å². The molecular formula is C18H18FNO3. The number of carboxylic acid groups (broad SMARTS) is 1. The average molecular weight is 315 g/mol. The number of carbonyl (C=O) groups is 1. The highest BCUT2D eigenvalue weighted by Crippen LogP contribution is 2.28. The maximum absolute atomic E-state index is 14.1. The Morgan fingerprint density at radius 3 is 2.61 bits per heavy atom. The molecule has 1 atom stereocenters. The number of para-hydroxylation sites is 1. The smallest absolute Gasteiger partial charge is 0.342 e. The first kappa shape index (κ1) is 15.5. The summed E-state index contributed by atoms with van der Waals surface area (Å²) in [7, 11) is 0. The molecule has 2 aromatic carbocycles. The van der Waals surface area contributed by atoms with Crippen LogP contribution in [-0.4, -0.2) is 34.7 Å². The van der Waals surface area contributed by atoms with Crippen molar-refractivity contribution in [3.05, 3.63) is 60.2 Å². The van der Waals surface area contributed by atoms with Gasteiger partial charge in [-0.05, 0) is 29.8 Å². The van der Waals surface area contributed by atoms with Crippen molar-refractivity contribution in [3.8, 4) is 11.5 Å². The van der Waals surface area contributed by atoms with E-state index in [1.807, 2.05) is 59.5 Å². The summed E-state index contributed by atoms with van der Waals surface area (Å²) in [4.78, 5) is 12.8. The van der Waals surface area contributed by atoms with E-state index < -0.39 is 11.6 Å². The van der Waals surface area contributed by atoms with Crippen LogP contribution in [0.25, 0.3) is 0 Å². The number of ether oxygens (including phenoxy) is 1.